The van der Waals surface area contributed by atoms with Gasteiger partial charge in [-0.15, -0.1) is 0 Å². The highest BCUT2D eigenvalue weighted by molar-refractivity contribution is 9.10. The normalized spacial score (nSPS) is 12.5. The van der Waals surface area contributed by atoms with Crippen molar-refractivity contribution >= 4 is 33.5 Å². The Morgan fingerprint density at radius 2 is 2.29 bits per heavy atom. The zero-order valence-corrected chi connectivity index (χ0v) is 9.97. The molecule has 0 saturated carbocycles. The molecule has 1 atom stereocenters. The van der Waals surface area contributed by atoms with Crippen LogP contribution in [0.5, 0.6) is 0 Å². The second kappa shape index (κ2) is 4.80. The van der Waals surface area contributed by atoms with Crippen LogP contribution in [0, 0.1) is 5.92 Å². The maximum atomic E-state index is 10.6. The van der Waals surface area contributed by atoms with E-state index in [4.69, 9.17) is 16.7 Å². The van der Waals surface area contributed by atoms with Crippen LogP contribution in [-0.4, -0.2) is 11.1 Å². The van der Waals surface area contributed by atoms with E-state index in [0.29, 0.717) is 11.4 Å². The molecule has 0 unspecified atom stereocenters. The summed E-state index contributed by atoms with van der Waals surface area (Å²) in [5, 5.41) is 9.37. The highest BCUT2D eigenvalue weighted by Crippen LogP contribution is 2.24. The average molecular weight is 278 g/mol. The fourth-order valence-electron chi connectivity index (χ4n) is 1.11. The largest absolute Gasteiger partial charge is 0.481 e. The van der Waals surface area contributed by atoms with Gasteiger partial charge in [0, 0.05) is 4.47 Å². The third-order valence-corrected chi connectivity index (χ3v) is 3.16. The summed E-state index contributed by atoms with van der Waals surface area (Å²) in [6.45, 7) is 1.69. The number of aliphatic carboxylic acids is 1. The number of carboxylic acid groups (broad SMARTS) is 1. The molecule has 14 heavy (non-hydrogen) atoms. The quantitative estimate of drug-likeness (QED) is 0.920. The lowest BCUT2D eigenvalue weighted by molar-refractivity contribution is -0.141. The minimum absolute atomic E-state index is 0.372. The van der Waals surface area contributed by atoms with Gasteiger partial charge < -0.3 is 5.11 Å². The Balaban J connectivity index is 2.78. The fourth-order valence-corrected chi connectivity index (χ4v) is 1.65. The first-order valence-corrected chi connectivity index (χ1v) is 5.34. The Bertz CT molecular complexity index is 352. The van der Waals surface area contributed by atoms with Crippen LogP contribution in [0.2, 0.25) is 5.02 Å². The molecule has 0 aliphatic rings. The van der Waals surface area contributed by atoms with E-state index in [1.807, 2.05) is 12.1 Å². The lowest BCUT2D eigenvalue weighted by Gasteiger charge is -2.06. The Hall–Kier alpha value is -0.540. The molecule has 0 bridgehead atoms. The van der Waals surface area contributed by atoms with Crippen molar-refractivity contribution in [2.45, 2.75) is 13.3 Å². The van der Waals surface area contributed by atoms with Gasteiger partial charge in [-0.1, -0.05) is 24.6 Å². The van der Waals surface area contributed by atoms with Crippen LogP contribution in [0.1, 0.15) is 12.5 Å². The number of benzene rings is 1. The first-order valence-electron chi connectivity index (χ1n) is 4.17. The van der Waals surface area contributed by atoms with Crippen molar-refractivity contribution < 1.29 is 9.90 Å². The van der Waals surface area contributed by atoms with Crippen molar-refractivity contribution in [1.82, 2.24) is 0 Å². The summed E-state index contributed by atoms with van der Waals surface area (Å²) in [5.74, 6) is -1.15. The molecule has 2 nitrogen and oxygen atoms in total. The molecule has 1 N–H and O–H groups in total. The maximum absolute atomic E-state index is 10.6. The van der Waals surface area contributed by atoms with Crippen LogP contribution in [0.15, 0.2) is 22.7 Å². The van der Waals surface area contributed by atoms with Crippen molar-refractivity contribution in [3.05, 3.63) is 33.3 Å². The summed E-state index contributed by atoms with van der Waals surface area (Å²) < 4.78 is 0.800. The van der Waals surface area contributed by atoms with Gasteiger partial charge in [-0.25, -0.2) is 0 Å². The molecule has 0 aromatic heterocycles. The summed E-state index contributed by atoms with van der Waals surface area (Å²) in [6, 6.07) is 5.45. The highest BCUT2D eigenvalue weighted by Gasteiger charge is 2.11. The Kier molecular flexibility index (Phi) is 3.96. The number of hydrogen-bond donors (Lipinski definition) is 1. The van der Waals surface area contributed by atoms with Crippen molar-refractivity contribution in [3.63, 3.8) is 0 Å². The molecule has 1 rings (SSSR count). The summed E-state index contributed by atoms with van der Waals surface area (Å²) in [6.07, 6.45) is 0.519. The van der Waals surface area contributed by atoms with Crippen molar-refractivity contribution in [3.8, 4) is 0 Å². The van der Waals surface area contributed by atoms with Gasteiger partial charge in [0.05, 0.1) is 10.9 Å². The van der Waals surface area contributed by atoms with Gasteiger partial charge in [-0.05, 0) is 40.0 Å². The number of hydrogen-bond acceptors (Lipinski definition) is 1. The lowest BCUT2D eigenvalue weighted by atomic mass is 10.0. The summed E-state index contributed by atoms with van der Waals surface area (Å²) in [7, 11) is 0. The topological polar surface area (TPSA) is 37.3 Å². The minimum Gasteiger partial charge on any atom is -0.481 e. The second-order valence-corrected chi connectivity index (χ2v) is 4.45. The van der Waals surface area contributed by atoms with E-state index in [-0.39, 0.29) is 5.92 Å². The molecule has 1 aromatic carbocycles. The molecular formula is C10H10BrClO2. The molecular weight excluding hydrogens is 267 g/mol. The van der Waals surface area contributed by atoms with E-state index in [0.717, 1.165) is 10.0 Å². The summed E-state index contributed by atoms with van der Waals surface area (Å²) in [5.41, 5.74) is 0.969. The summed E-state index contributed by atoms with van der Waals surface area (Å²) in [4.78, 5) is 10.6. The molecule has 0 spiro atoms. The molecule has 0 fully saturated rings. The van der Waals surface area contributed by atoms with Gasteiger partial charge in [0.1, 0.15) is 0 Å². The Morgan fingerprint density at radius 1 is 1.64 bits per heavy atom. The van der Waals surface area contributed by atoms with Gasteiger partial charge in [0.15, 0.2) is 0 Å². The van der Waals surface area contributed by atoms with Gasteiger partial charge in [-0.2, -0.15) is 0 Å². The predicted molar refractivity (Wildman–Crippen MR) is 59.7 cm³/mol. The van der Waals surface area contributed by atoms with Gasteiger partial charge >= 0.3 is 5.97 Å². The lowest BCUT2D eigenvalue weighted by Crippen LogP contribution is -2.12. The third kappa shape index (κ3) is 3.00. The monoisotopic (exact) mass is 276 g/mol. The van der Waals surface area contributed by atoms with E-state index < -0.39 is 5.97 Å². The molecule has 0 saturated heterocycles. The van der Waals surface area contributed by atoms with E-state index in [1.165, 1.54) is 0 Å². The second-order valence-electron chi connectivity index (χ2n) is 3.19. The van der Waals surface area contributed by atoms with Crippen LogP contribution >= 0.6 is 27.5 Å². The molecule has 1 aromatic rings. The Morgan fingerprint density at radius 3 is 2.79 bits per heavy atom. The molecule has 0 aliphatic heterocycles. The number of carbonyl (C=O) groups is 1. The van der Waals surface area contributed by atoms with Crippen LogP contribution in [0.4, 0.5) is 0 Å². The molecule has 0 radical (unpaired) electrons. The van der Waals surface area contributed by atoms with E-state index in [1.54, 1.807) is 13.0 Å². The van der Waals surface area contributed by atoms with Crippen LogP contribution in [0.3, 0.4) is 0 Å². The SMILES string of the molecule is C[C@H](Cc1ccc(Cl)c(Br)c1)C(=O)O. The maximum Gasteiger partial charge on any atom is 0.306 e. The van der Waals surface area contributed by atoms with Crippen LogP contribution in [-0.2, 0) is 11.2 Å². The third-order valence-electron chi connectivity index (χ3n) is 1.95. The zero-order valence-electron chi connectivity index (χ0n) is 7.63. The van der Waals surface area contributed by atoms with Crippen LogP contribution < -0.4 is 0 Å². The smallest absolute Gasteiger partial charge is 0.306 e. The molecule has 0 heterocycles. The van der Waals surface area contributed by atoms with Crippen LogP contribution in [0.25, 0.3) is 0 Å². The zero-order chi connectivity index (χ0) is 10.7. The fraction of sp³-hybridized carbons (Fsp3) is 0.300. The van der Waals surface area contributed by atoms with Gasteiger partial charge in [0.2, 0.25) is 0 Å². The van der Waals surface area contributed by atoms with E-state index in [9.17, 15) is 4.79 Å². The van der Waals surface area contributed by atoms with Crippen molar-refractivity contribution in [2.24, 2.45) is 5.92 Å². The van der Waals surface area contributed by atoms with Gasteiger partial charge in [-0.3, -0.25) is 4.79 Å². The van der Waals surface area contributed by atoms with E-state index >= 15 is 0 Å². The van der Waals surface area contributed by atoms with Gasteiger partial charge in [0.25, 0.3) is 0 Å². The molecule has 0 aliphatic carbocycles. The number of carboxylic acids is 1. The molecule has 0 amide bonds. The average Bonchev–Trinajstić information content (AvgIpc) is 2.11. The standard InChI is InChI=1S/C10H10BrClO2/c1-6(10(13)14)4-7-2-3-9(12)8(11)5-7/h2-3,5-6H,4H2,1H3,(H,13,14)/t6-/m1/s1. The van der Waals surface area contributed by atoms with E-state index in [2.05, 4.69) is 15.9 Å². The first kappa shape index (κ1) is 11.5. The van der Waals surface area contributed by atoms with Crippen molar-refractivity contribution in [2.75, 3.05) is 0 Å². The van der Waals surface area contributed by atoms with Crippen molar-refractivity contribution in [1.29, 1.82) is 0 Å². The Labute approximate surface area is 96.0 Å². The first-order chi connectivity index (χ1) is 6.50. The highest BCUT2D eigenvalue weighted by atomic mass is 79.9. The minimum atomic E-state index is -0.781. The number of halogens is 2. The number of rotatable bonds is 3. The predicted octanol–water partition coefficient (Wildman–Crippen LogP) is 3.37. The molecule has 4 heteroatoms. The summed E-state index contributed by atoms with van der Waals surface area (Å²) >= 11 is 9.11. The molecule has 76 valence electrons.